The minimum absolute atomic E-state index is 0.0915. The van der Waals surface area contributed by atoms with Crippen molar-refractivity contribution in [3.63, 3.8) is 0 Å². The van der Waals surface area contributed by atoms with Crippen LogP contribution in [-0.4, -0.2) is 42.5 Å². The molecule has 4 nitrogen and oxygen atoms in total. The average Bonchev–Trinajstić information content (AvgIpc) is 2.47. The molecule has 2 rings (SSSR count). The van der Waals surface area contributed by atoms with Gasteiger partial charge in [-0.1, -0.05) is 31.5 Å². The smallest absolute Gasteiger partial charge is 0.242 e. The number of nitrogens with zero attached hydrogens (tertiary/aromatic N) is 2. The number of aryl methyl sites for hydroxylation is 1. The third-order valence-corrected chi connectivity index (χ3v) is 4.28. The minimum Gasteiger partial charge on any atom is -0.368 e. The van der Waals surface area contributed by atoms with Gasteiger partial charge in [-0.3, -0.25) is 4.79 Å². The predicted octanol–water partition coefficient (Wildman–Crippen LogP) is 2.16. The minimum atomic E-state index is -0.723. The van der Waals surface area contributed by atoms with Gasteiger partial charge in [0, 0.05) is 31.9 Å². The molecule has 1 aliphatic heterocycles. The third kappa shape index (κ3) is 3.56. The average molecular weight is 289 g/mol. The summed E-state index contributed by atoms with van der Waals surface area (Å²) < 4.78 is 0. The van der Waals surface area contributed by atoms with Crippen LogP contribution in [0, 0.1) is 6.92 Å². The van der Waals surface area contributed by atoms with Crippen LogP contribution in [0.25, 0.3) is 0 Å². The van der Waals surface area contributed by atoms with Gasteiger partial charge in [0.2, 0.25) is 5.91 Å². The van der Waals surface area contributed by atoms with Crippen molar-refractivity contribution in [3.8, 4) is 0 Å². The predicted molar refractivity (Wildman–Crippen MR) is 87.5 cm³/mol. The molecule has 0 radical (unpaired) electrons. The zero-order chi connectivity index (χ0) is 15.5. The van der Waals surface area contributed by atoms with E-state index in [0.29, 0.717) is 0 Å². The second kappa shape index (κ2) is 6.48. The Hall–Kier alpha value is -1.55. The highest BCUT2D eigenvalue weighted by atomic mass is 16.2. The summed E-state index contributed by atoms with van der Waals surface area (Å²) in [5.74, 6) is 0.0915. The summed E-state index contributed by atoms with van der Waals surface area (Å²) >= 11 is 0. The number of hydrogen-bond donors (Lipinski definition) is 1. The number of para-hydroxylation sites is 1. The molecule has 1 atom stereocenters. The molecule has 1 fully saturated rings. The van der Waals surface area contributed by atoms with Crippen molar-refractivity contribution in [1.82, 2.24) is 4.90 Å². The van der Waals surface area contributed by atoms with E-state index in [0.717, 1.165) is 39.0 Å². The van der Waals surface area contributed by atoms with Gasteiger partial charge < -0.3 is 15.5 Å². The molecule has 1 aliphatic rings. The van der Waals surface area contributed by atoms with Crippen molar-refractivity contribution in [2.45, 2.75) is 39.2 Å². The Morgan fingerprint density at radius 3 is 2.43 bits per heavy atom. The Balaban J connectivity index is 1.98. The van der Waals surface area contributed by atoms with Crippen LogP contribution in [0.4, 0.5) is 5.69 Å². The van der Waals surface area contributed by atoms with Gasteiger partial charge in [-0.25, -0.2) is 0 Å². The summed E-state index contributed by atoms with van der Waals surface area (Å²) in [6, 6.07) is 8.41. The van der Waals surface area contributed by atoms with Crippen LogP contribution in [0.1, 0.15) is 32.3 Å². The first-order valence-corrected chi connectivity index (χ1v) is 7.84. The maximum atomic E-state index is 12.5. The Kier molecular flexibility index (Phi) is 4.88. The first-order chi connectivity index (χ1) is 9.95. The largest absolute Gasteiger partial charge is 0.368 e. The summed E-state index contributed by atoms with van der Waals surface area (Å²) in [7, 11) is 0. The lowest BCUT2D eigenvalue weighted by Crippen LogP contribution is -2.58. The normalized spacial score (nSPS) is 18.5. The molecule has 1 aromatic carbocycles. The van der Waals surface area contributed by atoms with Crippen LogP contribution < -0.4 is 10.6 Å². The van der Waals surface area contributed by atoms with E-state index in [2.05, 4.69) is 43.0 Å². The van der Waals surface area contributed by atoms with Crippen LogP contribution in [-0.2, 0) is 4.79 Å². The maximum absolute atomic E-state index is 12.5. The van der Waals surface area contributed by atoms with Gasteiger partial charge in [0.05, 0.1) is 5.54 Å². The fourth-order valence-electron chi connectivity index (χ4n) is 3.06. The fourth-order valence-corrected chi connectivity index (χ4v) is 3.06. The van der Waals surface area contributed by atoms with Crippen LogP contribution in [0.15, 0.2) is 24.3 Å². The highest BCUT2D eigenvalue weighted by Crippen LogP contribution is 2.22. The molecular formula is C17H27N3O. The van der Waals surface area contributed by atoms with Crippen molar-refractivity contribution < 1.29 is 4.79 Å². The first-order valence-electron chi connectivity index (χ1n) is 7.84. The topological polar surface area (TPSA) is 49.6 Å². The van der Waals surface area contributed by atoms with Crippen molar-refractivity contribution in [3.05, 3.63) is 29.8 Å². The first kappa shape index (κ1) is 15.8. The molecular weight excluding hydrogens is 262 g/mol. The summed E-state index contributed by atoms with van der Waals surface area (Å²) in [6.45, 7) is 9.30. The Morgan fingerprint density at radius 1 is 1.24 bits per heavy atom. The molecule has 4 heteroatoms. The molecule has 1 aromatic rings. The van der Waals surface area contributed by atoms with E-state index in [4.69, 9.17) is 5.73 Å². The Labute approximate surface area is 127 Å². The lowest BCUT2D eigenvalue weighted by Gasteiger charge is -2.39. The number of nitrogens with two attached hydrogens (primary N) is 1. The second-order valence-corrected chi connectivity index (χ2v) is 6.23. The lowest BCUT2D eigenvalue weighted by molar-refractivity contribution is -0.137. The van der Waals surface area contributed by atoms with E-state index in [1.54, 1.807) is 0 Å². The van der Waals surface area contributed by atoms with E-state index >= 15 is 0 Å². The summed E-state index contributed by atoms with van der Waals surface area (Å²) in [5.41, 5.74) is 8.00. The summed E-state index contributed by atoms with van der Waals surface area (Å²) in [5, 5.41) is 0. The zero-order valence-corrected chi connectivity index (χ0v) is 13.4. The van der Waals surface area contributed by atoms with Crippen molar-refractivity contribution in [1.29, 1.82) is 0 Å². The molecule has 1 heterocycles. The lowest BCUT2D eigenvalue weighted by atomic mass is 9.95. The molecule has 0 aliphatic carbocycles. The van der Waals surface area contributed by atoms with Gasteiger partial charge in [0.15, 0.2) is 0 Å². The van der Waals surface area contributed by atoms with Gasteiger partial charge in [0.25, 0.3) is 0 Å². The van der Waals surface area contributed by atoms with Crippen LogP contribution in [0.3, 0.4) is 0 Å². The molecule has 1 unspecified atom stereocenters. The molecule has 21 heavy (non-hydrogen) atoms. The number of rotatable bonds is 4. The zero-order valence-electron chi connectivity index (χ0n) is 13.4. The number of anilines is 1. The highest BCUT2D eigenvalue weighted by molar-refractivity contribution is 5.86. The summed E-state index contributed by atoms with van der Waals surface area (Å²) in [4.78, 5) is 16.8. The molecule has 116 valence electrons. The van der Waals surface area contributed by atoms with Gasteiger partial charge in [0.1, 0.15) is 0 Å². The standard InChI is InChI=1S/C17H27N3O/c1-4-9-17(3,18)16(21)20-12-10-19(11-13-20)15-8-6-5-7-14(15)2/h5-8H,4,9-13,18H2,1-3H3. The summed E-state index contributed by atoms with van der Waals surface area (Å²) in [6.07, 6.45) is 1.67. The quantitative estimate of drug-likeness (QED) is 0.924. The van der Waals surface area contributed by atoms with E-state index in [1.165, 1.54) is 11.3 Å². The van der Waals surface area contributed by atoms with E-state index < -0.39 is 5.54 Å². The van der Waals surface area contributed by atoms with Crippen LogP contribution >= 0.6 is 0 Å². The van der Waals surface area contributed by atoms with Gasteiger partial charge >= 0.3 is 0 Å². The molecule has 0 spiro atoms. The van der Waals surface area contributed by atoms with Gasteiger partial charge in [-0.15, -0.1) is 0 Å². The number of amides is 1. The Morgan fingerprint density at radius 2 is 1.86 bits per heavy atom. The number of piperazine rings is 1. The second-order valence-electron chi connectivity index (χ2n) is 6.23. The number of benzene rings is 1. The Bertz CT molecular complexity index is 491. The molecule has 0 bridgehead atoms. The van der Waals surface area contributed by atoms with E-state index in [9.17, 15) is 4.79 Å². The van der Waals surface area contributed by atoms with Gasteiger partial charge in [-0.05, 0) is 31.9 Å². The molecule has 1 saturated heterocycles. The third-order valence-electron chi connectivity index (χ3n) is 4.28. The molecule has 2 N–H and O–H groups in total. The highest BCUT2D eigenvalue weighted by Gasteiger charge is 2.33. The van der Waals surface area contributed by atoms with E-state index in [-0.39, 0.29) is 5.91 Å². The van der Waals surface area contributed by atoms with Crippen molar-refractivity contribution in [2.75, 3.05) is 31.1 Å². The van der Waals surface area contributed by atoms with Crippen LogP contribution in [0.5, 0.6) is 0 Å². The molecule has 0 saturated carbocycles. The fraction of sp³-hybridized carbons (Fsp3) is 0.588. The molecule has 0 aromatic heterocycles. The number of hydrogen-bond acceptors (Lipinski definition) is 3. The van der Waals surface area contributed by atoms with E-state index in [1.807, 2.05) is 11.8 Å². The monoisotopic (exact) mass is 289 g/mol. The SMILES string of the molecule is CCCC(C)(N)C(=O)N1CCN(c2ccccc2C)CC1. The maximum Gasteiger partial charge on any atom is 0.242 e. The van der Waals surface area contributed by atoms with Crippen LogP contribution in [0.2, 0.25) is 0 Å². The van der Waals surface area contributed by atoms with Crippen molar-refractivity contribution in [2.24, 2.45) is 5.73 Å². The van der Waals surface area contributed by atoms with Crippen molar-refractivity contribution >= 4 is 11.6 Å². The van der Waals surface area contributed by atoms with Gasteiger partial charge in [-0.2, -0.15) is 0 Å². The number of carbonyl (C=O) groups excluding carboxylic acids is 1. The number of carbonyl (C=O) groups is 1. The molecule has 1 amide bonds.